The maximum Gasteiger partial charge on any atom is 0.307 e. The molecule has 1 heterocycles. The van der Waals surface area contributed by atoms with E-state index in [1.54, 1.807) is 12.1 Å². The molecule has 1 rings (SSSR count). The lowest BCUT2D eigenvalue weighted by Crippen LogP contribution is -2.07. The van der Waals surface area contributed by atoms with E-state index in [0.29, 0.717) is 4.88 Å². The predicted octanol–water partition coefficient (Wildman–Crippen LogP) is 2.09. The second-order valence-electron chi connectivity index (χ2n) is 3.15. The molecule has 0 saturated heterocycles. The summed E-state index contributed by atoms with van der Waals surface area (Å²) in [7, 11) is 0. The third kappa shape index (κ3) is 3.83. The van der Waals surface area contributed by atoms with Crippen molar-refractivity contribution in [2.24, 2.45) is 0 Å². The SMILES string of the molecule is Cc1ccc(C(=O)CCC(=O)OCC#N)s1. The summed E-state index contributed by atoms with van der Waals surface area (Å²) in [6.45, 7) is 1.66. The van der Waals surface area contributed by atoms with Crippen LogP contribution in [0.1, 0.15) is 27.4 Å². The standard InChI is InChI=1S/C11H11NO3S/c1-8-2-4-10(16-8)9(13)3-5-11(14)15-7-6-12/h2,4H,3,5,7H2,1H3. The zero-order chi connectivity index (χ0) is 12.0. The van der Waals surface area contributed by atoms with Gasteiger partial charge < -0.3 is 4.74 Å². The summed E-state index contributed by atoms with van der Waals surface area (Å²) >= 11 is 1.41. The van der Waals surface area contributed by atoms with Gasteiger partial charge in [-0.05, 0) is 19.1 Å². The maximum absolute atomic E-state index is 11.6. The molecule has 84 valence electrons. The number of ketones is 1. The van der Waals surface area contributed by atoms with Gasteiger partial charge in [0, 0.05) is 11.3 Å². The molecule has 0 amide bonds. The van der Waals surface area contributed by atoms with E-state index < -0.39 is 5.97 Å². The Bertz CT molecular complexity index is 431. The van der Waals surface area contributed by atoms with Crippen LogP contribution in [0.5, 0.6) is 0 Å². The monoisotopic (exact) mass is 237 g/mol. The van der Waals surface area contributed by atoms with Crippen molar-refractivity contribution in [1.82, 2.24) is 0 Å². The van der Waals surface area contributed by atoms with Crippen molar-refractivity contribution in [2.75, 3.05) is 6.61 Å². The van der Waals surface area contributed by atoms with Crippen LogP contribution in [0, 0.1) is 18.3 Å². The zero-order valence-electron chi connectivity index (χ0n) is 8.86. The van der Waals surface area contributed by atoms with Gasteiger partial charge in [-0.3, -0.25) is 9.59 Å². The van der Waals surface area contributed by atoms with Crippen molar-refractivity contribution in [3.63, 3.8) is 0 Å². The summed E-state index contributed by atoms with van der Waals surface area (Å²) in [6.07, 6.45) is 0.154. The largest absolute Gasteiger partial charge is 0.450 e. The number of carbonyl (C=O) groups excluding carboxylic acids is 2. The molecule has 4 nitrogen and oxygen atoms in total. The number of thiophene rings is 1. The number of carbonyl (C=O) groups is 2. The molecule has 0 atom stereocenters. The first kappa shape index (κ1) is 12.4. The summed E-state index contributed by atoms with van der Waals surface area (Å²) in [5.41, 5.74) is 0. The Morgan fingerprint density at radius 2 is 2.19 bits per heavy atom. The summed E-state index contributed by atoms with van der Waals surface area (Å²) in [4.78, 5) is 24.3. The fraction of sp³-hybridized carbons (Fsp3) is 0.364. The van der Waals surface area contributed by atoms with Crippen LogP contribution >= 0.6 is 11.3 Å². The van der Waals surface area contributed by atoms with Gasteiger partial charge in [-0.15, -0.1) is 11.3 Å². The summed E-state index contributed by atoms with van der Waals surface area (Å²) in [5.74, 6) is -0.574. The molecule has 1 aromatic rings. The molecule has 0 aliphatic heterocycles. The molecular weight excluding hydrogens is 226 g/mol. The minimum atomic E-state index is -0.511. The Labute approximate surface area is 97.5 Å². The van der Waals surface area contributed by atoms with Crippen molar-refractivity contribution in [2.45, 2.75) is 19.8 Å². The molecule has 0 N–H and O–H groups in total. The highest BCUT2D eigenvalue weighted by molar-refractivity contribution is 7.14. The number of nitrogens with zero attached hydrogens (tertiary/aromatic N) is 1. The van der Waals surface area contributed by atoms with E-state index in [9.17, 15) is 9.59 Å². The van der Waals surface area contributed by atoms with Crippen LogP contribution in [0.2, 0.25) is 0 Å². The van der Waals surface area contributed by atoms with Crippen LogP contribution in [0.3, 0.4) is 0 Å². The first-order chi connectivity index (χ1) is 7.63. The molecule has 0 unspecified atom stereocenters. The average molecular weight is 237 g/mol. The lowest BCUT2D eigenvalue weighted by molar-refractivity contribution is -0.142. The molecular formula is C11H11NO3S. The van der Waals surface area contributed by atoms with Gasteiger partial charge in [0.05, 0.1) is 11.3 Å². The first-order valence-electron chi connectivity index (χ1n) is 4.75. The van der Waals surface area contributed by atoms with Gasteiger partial charge in [0.2, 0.25) is 0 Å². The fourth-order valence-corrected chi connectivity index (χ4v) is 1.94. The highest BCUT2D eigenvalue weighted by Crippen LogP contribution is 2.17. The topological polar surface area (TPSA) is 67.2 Å². The van der Waals surface area contributed by atoms with Crippen molar-refractivity contribution in [3.05, 3.63) is 21.9 Å². The molecule has 0 aliphatic carbocycles. The summed E-state index contributed by atoms with van der Waals surface area (Å²) in [5, 5.41) is 8.18. The molecule has 0 radical (unpaired) electrons. The minimum absolute atomic E-state index is 0.0253. The molecule has 0 bridgehead atoms. The van der Waals surface area contributed by atoms with Gasteiger partial charge in [-0.1, -0.05) is 0 Å². The van der Waals surface area contributed by atoms with Crippen LogP contribution in [-0.2, 0) is 9.53 Å². The Hall–Kier alpha value is -1.67. The molecule has 0 fully saturated rings. The van der Waals surface area contributed by atoms with E-state index >= 15 is 0 Å². The van der Waals surface area contributed by atoms with Crippen molar-refractivity contribution in [3.8, 4) is 6.07 Å². The molecule has 0 aliphatic rings. The minimum Gasteiger partial charge on any atom is -0.450 e. The number of nitriles is 1. The quantitative estimate of drug-likeness (QED) is 0.581. The number of esters is 1. The van der Waals surface area contributed by atoms with Gasteiger partial charge >= 0.3 is 5.97 Å². The van der Waals surface area contributed by atoms with E-state index in [4.69, 9.17) is 5.26 Å². The zero-order valence-corrected chi connectivity index (χ0v) is 9.67. The van der Waals surface area contributed by atoms with Crippen molar-refractivity contribution >= 4 is 23.1 Å². The van der Waals surface area contributed by atoms with Crippen LogP contribution in [-0.4, -0.2) is 18.4 Å². The van der Waals surface area contributed by atoms with Crippen LogP contribution in [0.4, 0.5) is 0 Å². The van der Waals surface area contributed by atoms with Crippen LogP contribution < -0.4 is 0 Å². The van der Waals surface area contributed by atoms with Crippen LogP contribution in [0.15, 0.2) is 12.1 Å². The molecule has 5 heteroatoms. The lowest BCUT2D eigenvalue weighted by Gasteiger charge is -1.98. The number of rotatable bonds is 5. The summed E-state index contributed by atoms with van der Waals surface area (Å²) in [6, 6.07) is 5.32. The van der Waals surface area contributed by atoms with E-state index in [1.165, 1.54) is 11.3 Å². The van der Waals surface area contributed by atoms with E-state index in [0.717, 1.165) is 4.88 Å². The number of hydrogen-bond donors (Lipinski definition) is 0. The van der Waals surface area contributed by atoms with E-state index in [2.05, 4.69) is 4.74 Å². The summed E-state index contributed by atoms with van der Waals surface area (Å²) < 4.78 is 4.53. The molecule has 0 spiro atoms. The number of aryl methyl sites for hydroxylation is 1. The number of Topliss-reactive ketones (excluding diaryl/α,β-unsaturated/α-hetero) is 1. The second-order valence-corrected chi connectivity index (χ2v) is 4.44. The van der Waals surface area contributed by atoms with E-state index in [1.807, 2.05) is 13.0 Å². The van der Waals surface area contributed by atoms with Gasteiger partial charge in [-0.25, -0.2) is 0 Å². The maximum atomic E-state index is 11.6. The smallest absolute Gasteiger partial charge is 0.307 e. The lowest BCUT2D eigenvalue weighted by atomic mass is 10.2. The highest BCUT2D eigenvalue weighted by atomic mass is 32.1. The Morgan fingerprint density at radius 1 is 1.44 bits per heavy atom. The van der Waals surface area contributed by atoms with Gasteiger partial charge in [0.1, 0.15) is 6.07 Å². The van der Waals surface area contributed by atoms with Crippen LogP contribution in [0.25, 0.3) is 0 Å². The fourth-order valence-electron chi connectivity index (χ4n) is 1.11. The van der Waals surface area contributed by atoms with Crippen molar-refractivity contribution in [1.29, 1.82) is 5.26 Å². The van der Waals surface area contributed by atoms with Crippen molar-refractivity contribution < 1.29 is 14.3 Å². The molecule has 0 aromatic carbocycles. The van der Waals surface area contributed by atoms with E-state index in [-0.39, 0.29) is 25.2 Å². The highest BCUT2D eigenvalue weighted by Gasteiger charge is 2.11. The number of hydrogen-bond acceptors (Lipinski definition) is 5. The third-order valence-electron chi connectivity index (χ3n) is 1.87. The number of ether oxygens (including phenoxy) is 1. The van der Waals surface area contributed by atoms with Gasteiger partial charge in [0.25, 0.3) is 0 Å². The average Bonchev–Trinajstić information content (AvgIpc) is 2.69. The second kappa shape index (κ2) is 6.03. The van der Waals surface area contributed by atoms with Gasteiger partial charge in [0.15, 0.2) is 12.4 Å². The first-order valence-corrected chi connectivity index (χ1v) is 5.57. The van der Waals surface area contributed by atoms with Gasteiger partial charge in [-0.2, -0.15) is 5.26 Å². The predicted molar refractivity (Wildman–Crippen MR) is 59.2 cm³/mol. The third-order valence-corrected chi connectivity index (χ3v) is 2.91. The molecule has 0 saturated carbocycles. The Balaban J connectivity index is 2.36. The normalized spacial score (nSPS) is 9.50. The molecule has 16 heavy (non-hydrogen) atoms. The Kier molecular flexibility index (Phi) is 4.67. The Morgan fingerprint density at radius 3 is 2.75 bits per heavy atom. The molecule has 1 aromatic heterocycles.